The number of pyridine rings is 1. The number of nitrogens with one attached hydrogen (secondary N) is 2. The lowest BCUT2D eigenvalue weighted by molar-refractivity contribution is -0.153. The lowest BCUT2D eigenvalue weighted by Crippen LogP contribution is -2.59. The van der Waals surface area contributed by atoms with Crippen molar-refractivity contribution in [3.8, 4) is 0 Å². The Morgan fingerprint density at radius 2 is 1.82 bits per heavy atom. The molecule has 2 fully saturated rings. The summed E-state index contributed by atoms with van der Waals surface area (Å²) >= 11 is 0. The van der Waals surface area contributed by atoms with Gasteiger partial charge in [0.2, 0.25) is 5.91 Å². The Kier molecular flexibility index (Phi) is 5.11. The fourth-order valence-corrected chi connectivity index (χ4v) is 4.46. The summed E-state index contributed by atoms with van der Waals surface area (Å²) in [4.78, 5) is 47.1. The molecule has 0 radical (unpaired) electrons. The van der Waals surface area contributed by atoms with Gasteiger partial charge in [0, 0.05) is 29.9 Å². The third-order valence-corrected chi connectivity index (χ3v) is 6.77. The molecule has 9 nitrogen and oxygen atoms in total. The van der Waals surface area contributed by atoms with Crippen molar-refractivity contribution in [3.63, 3.8) is 0 Å². The number of H-pyrrole nitrogens is 1. The highest BCUT2D eigenvalue weighted by atomic mass is 16.2. The van der Waals surface area contributed by atoms with Crippen LogP contribution in [0.4, 0.5) is 5.69 Å². The molecule has 0 bridgehead atoms. The van der Waals surface area contributed by atoms with Crippen molar-refractivity contribution in [2.24, 2.45) is 5.41 Å². The lowest BCUT2D eigenvalue weighted by atomic mass is 9.97. The molecule has 2 atom stereocenters. The number of carbonyl (C=O) groups excluding carboxylic acids is 3. The van der Waals surface area contributed by atoms with Crippen LogP contribution in [-0.2, 0) is 14.4 Å². The number of aromatic amines is 1. The van der Waals surface area contributed by atoms with Crippen LogP contribution in [0, 0.1) is 5.41 Å². The van der Waals surface area contributed by atoms with Gasteiger partial charge >= 0.3 is 11.8 Å². The van der Waals surface area contributed by atoms with Crippen molar-refractivity contribution in [2.75, 3.05) is 18.4 Å². The Balaban J connectivity index is 1.41. The van der Waals surface area contributed by atoms with Crippen LogP contribution in [-0.4, -0.2) is 61.8 Å². The fourth-order valence-electron chi connectivity index (χ4n) is 4.46. The number of hydrogen-bond acceptors (Lipinski definition) is 5. The largest absolute Gasteiger partial charge is 0.335 e. The van der Waals surface area contributed by atoms with Gasteiger partial charge in [-0.25, -0.2) is 0 Å². The van der Waals surface area contributed by atoms with Crippen LogP contribution < -0.4 is 5.32 Å². The number of anilines is 1. The predicted molar refractivity (Wildman–Crippen MR) is 122 cm³/mol. The van der Waals surface area contributed by atoms with E-state index in [1.54, 1.807) is 17.3 Å². The molecule has 0 unspecified atom stereocenters. The fraction of sp³-hybridized carbons (Fsp3) is 0.375. The third kappa shape index (κ3) is 3.83. The van der Waals surface area contributed by atoms with Crippen molar-refractivity contribution in [2.45, 2.75) is 38.8 Å². The van der Waals surface area contributed by atoms with Crippen molar-refractivity contribution < 1.29 is 14.4 Å². The summed E-state index contributed by atoms with van der Waals surface area (Å²) < 4.78 is 0. The number of amides is 3. The summed E-state index contributed by atoms with van der Waals surface area (Å²) in [5.41, 5.74) is 1.68. The number of piperazine rings is 1. The third-order valence-electron chi connectivity index (χ3n) is 6.77. The highest BCUT2D eigenvalue weighted by Crippen LogP contribution is 2.47. The van der Waals surface area contributed by atoms with Crippen molar-refractivity contribution in [1.29, 1.82) is 0 Å². The number of aromatic nitrogens is 3. The monoisotopic (exact) mass is 446 g/mol. The molecule has 1 saturated heterocycles. The number of benzene rings is 1. The molecular weight excluding hydrogens is 420 g/mol. The molecule has 1 aromatic carbocycles. The Bertz CT molecular complexity index is 1220. The summed E-state index contributed by atoms with van der Waals surface area (Å²) in [5, 5.41) is 10.1. The number of rotatable bonds is 3. The van der Waals surface area contributed by atoms with E-state index in [1.807, 2.05) is 49.1 Å². The van der Waals surface area contributed by atoms with Crippen LogP contribution in [0.2, 0.25) is 0 Å². The number of fused-ring (bicyclic) bond motifs is 1. The summed E-state index contributed by atoms with van der Waals surface area (Å²) in [6.07, 6.45) is 6.46. The molecule has 1 aliphatic carbocycles. The Hall–Kier alpha value is -3.75. The predicted octanol–water partition coefficient (Wildman–Crippen LogP) is 2.50. The van der Waals surface area contributed by atoms with Gasteiger partial charge in [0.25, 0.3) is 0 Å². The molecule has 0 spiro atoms. The van der Waals surface area contributed by atoms with Crippen molar-refractivity contribution in [3.05, 3.63) is 54.5 Å². The van der Waals surface area contributed by atoms with E-state index in [9.17, 15) is 14.4 Å². The smallest absolute Gasteiger partial charge is 0.313 e. The zero-order valence-corrected chi connectivity index (χ0v) is 18.6. The van der Waals surface area contributed by atoms with Crippen LogP contribution in [0.1, 0.15) is 38.3 Å². The van der Waals surface area contributed by atoms with Gasteiger partial charge < -0.3 is 15.1 Å². The molecule has 5 rings (SSSR count). The average molecular weight is 447 g/mol. The summed E-state index contributed by atoms with van der Waals surface area (Å²) in [6.45, 7) is 4.56. The normalized spacial score (nSPS) is 21.6. The maximum absolute atomic E-state index is 13.4. The Morgan fingerprint density at radius 3 is 2.55 bits per heavy atom. The molecule has 2 aliphatic rings. The Labute approximate surface area is 191 Å². The van der Waals surface area contributed by atoms with Gasteiger partial charge in [-0.1, -0.05) is 37.3 Å². The minimum atomic E-state index is -0.743. The zero-order valence-electron chi connectivity index (χ0n) is 18.6. The second kappa shape index (κ2) is 7.99. The van der Waals surface area contributed by atoms with E-state index in [0.717, 1.165) is 18.4 Å². The van der Waals surface area contributed by atoms with Crippen LogP contribution in [0.25, 0.3) is 10.9 Å². The van der Waals surface area contributed by atoms with E-state index >= 15 is 0 Å². The topological polar surface area (TPSA) is 111 Å². The van der Waals surface area contributed by atoms with E-state index in [1.165, 1.54) is 6.20 Å². The minimum Gasteiger partial charge on any atom is -0.335 e. The van der Waals surface area contributed by atoms with Crippen LogP contribution in [0.3, 0.4) is 0 Å². The number of nitrogens with zero attached hydrogens (tertiary/aromatic N) is 4. The molecule has 170 valence electrons. The lowest BCUT2D eigenvalue weighted by Gasteiger charge is -2.46. The number of hydrogen-bond donors (Lipinski definition) is 2. The van der Waals surface area contributed by atoms with E-state index in [4.69, 9.17) is 0 Å². The SMILES string of the molecule is C[C@@H]1CN(C(=O)C(=O)Nc2cncc3[nH]ncc23)[C@@H](c2ccccc2)CN1C(=O)C1(C)CC1. The molecule has 2 aromatic heterocycles. The van der Waals surface area contributed by atoms with Gasteiger partial charge in [-0.15, -0.1) is 0 Å². The summed E-state index contributed by atoms with van der Waals surface area (Å²) in [6, 6.07) is 8.96. The first-order chi connectivity index (χ1) is 15.9. The second-order valence-electron chi connectivity index (χ2n) is 9.22. The van der Waals surface area contributed by atoms with E-state index < -0.39 is 17.9 Å². The van der Waals surface area contributed by atoms with Crippen LogP contribution in [0.5, 0.6) is 0 Å². The van der Waals surface area contributed by atoms with E-state index in [-0.39, 0.29) is 23.9 Å². The molecule has 1 aliphatic heterocycles. The van der Waals surface area contributed by atoms with Crippen molar-refractivity contribution in [1.82, 2.24) is 25.0 Å². The minimum absolute atomic E-state index is 0.130. The van der Waals surface area contributed by atoms with Crippen LogP contribution in [0.15, 0.2) is 48.9 Å². The van der Waals surface area contributed by atoms with Gasteiger partial charge in [0.1, 0.15) is 0 Å². The molecule has 2 N–H and O–H groups in total. The average Bonchev–Trinajstić information content (AvgIpc) is 3.39. The molecule has 1 saturated carbocycles. The first-order valence-corrected chi connectivity index (χ1v) is 11.1. The quantitative estimate of drug-likeness (QED) is 0.601. The van der Waals surface area contributed by atoms with Gasteiger partial charge in [-0.05, 0) is 25.3 Å². The first-order valence-electron chi connectivity index (χ1n) is 11.1. The molecular formula is C24H26N6O3. The molecule has 3 amide bonds. The van der Waals surface area contributed by atoms with Gasteiger partial charge in [0.05, 0.1) is 35.8 Å². The summed E-state index contributed by atoms with van der Waals surface area (Å²) in [7, 11) is 0. The van der Waals surface area contributed by atoms with E-state index in [2.05, 4.69) is 20.5 Å². The molecule has 9 heteroatoms. The molecule has 33 heavy (non-hydrogen) atoms. The highest BCUT2D eigenvalue weighted by molar-refractivity contribution is 6.40. The van der Waals surface area contributed by atoms with Gasteiger partial charge in [-0.3, -0.25) is 24.5 Å². The van der Waals surface area contributed by atoms with Crippen molar-refractivity contribution >= 4 is 34.3 Å². The highest BCUT2D eigenvalue weighted by Gasteiger charge is 2.50. The Morgan fingerprint density at radius 1 is 1.06 bits per heavy atom. The van der Waals surface area contributed by atoms with Gasteiger partial charge in [0.15, 0.2) is 0 Å². The van der Waals surface area contributed by atoms with Gasteiger partial charge in [-0.2, -0.15) is 5.10 Å². The number of carbonyl (C=O) groups is 3. The first kappa shape index (κ1) is 21.1. The van der Waals surface area contributed by atoms with E-state index in [0.29, 0.717) is 23.1 Å². The maximum atomic E-state index is 13.4. The second-order valence-corrected chi connectivity index (χ2v) is 9.22. The standard InChI is InChI=1S/C24H26N6O3/c1-15-13-30(22(32)21(31)27-18-11-25-12-19-17(18)10-26-28-19)20(16-6-4-3-5-7-16)14-29(15)23(33)24(2)8-9-24/h3-7,10-12,15,20H,8-9,13-14H2,1-2H3,(H,26,28)(H,27,31)/t15-,20-/m1/s1. The molecule has 3 aromatic rings. The molecule has 3 heterocycles. The maximum Gasteiger partial charge on any atom is 0.313 e. The van der Waals surface area contributed by atoms with Crippen LogP contribution >= 0.6 is 0 Å². The summed E-state index contributed by atoms with van der Waals surface area (Å²) in [5.74, 6) is -1.25. The zero-order chi connectivity index (χ0) is 23.2.